The second-order valence-corrected chi connectivity index (χ2v) is 8.08. The van der Waals surface area contributed by atoms with Crippen molar-refractivity contribution in [1.29, 1.82) is 0 Å². The minimum absolute atomic E-state index is 0.176. The van der Waals surface area contributed by atoms with Crippen LogP contribution in [0.3, 0.4) is 0 Å². The molecule has 1 atom stereocenters. The maximum absolute atomic E-state index is 13.1. The zero-order valence-electron chi connectivity index (χ0n) is 14.9. The van der Waals surface area contributed by atoms with Crippen molar-refractivity contribution in [1.82, 2.24) is 9.46 Å². The number of ether oxygens (including phenoxy) is 1. The van der Waals surface area contributed by atoms with Crippen molar-refractivity contribution in [3.8, 4) is 5.75 Å². The Labute approximate surface area is 152 Å². The van der Waals surface area contributed by atoms with Crippen molar-refractivity contribution in [2.24, 2.45) is 0 Å². The van der Waals surface area contributed by atoms with E-state index in [1.165, 1.54) is 17.5 Å². The molecule has 9 heteroatoms. The van der Waals surface area contributed by atoms with Gasteiger partial charge in [-0.05, 0) is 50.5 Å². The third-order valence-electron chi connectivity index (χ3n) is 4.35. The average molecular weight is 379 g/mol. The monoisotopic (exact) mass is 379 g/mol. The summed E-state index contributed by atoms with van der Waals surface area (Å²) in [5.74, 6) is 1.01. The number of rotatable bonds is 5. The van der Waals surface area contributed by atoms with Gasteiger partial charge in [0.2, 0.25) is 15.9 Å². The Balaban J connectivity index is 1.85. The summed E-state index contributed by atoms with van der Waals surface area (Å²) in [7, 11) is -2.28. The molecule has 1 fully saturated rings. The fraction of sp³-hybridized carbons (Fsp3) is 0.412. The number of hydrogen-bond donors (Lipinski definition) is 1. The van der Waals surface area contributed by atoms with Crippen LogP contribution in [0.1, 0.15) is 24.2 Å². The number of methoxy groups -OCH3 is 1. The average Bonchev–Trinajstić information content (AvgIpc) is 3.23. The van der Waals surface area contributed by atoms with Crippen molar-refractivity contribution in [2.45, 2.75) is 37.6 Å². The van der Waals surface area contributed by atoms with Crippen LogP contribution in [-0.2, 0) is 14.8 Å². The number of nitrogens with zero attached hydrogens (tertiary/aromatic N) is 2. The van der Waals surface area contributed by atoms with Crippen LogP contribution in [0, 0.1) is 13.8 Å². The van der Waals surface area contributed by atoms with E-state index in [0.29, 0.717) is 36.5 Å². The lowest BCUT2D eigenvalue weighted by atomic mass is 10.2. The van der Waals surface area contributed by atoms with Gasteiger partial charge in [-0.15, -0.1) is 0 Å². The number of carbonyl (C=O) groups excluding carboxylic acids is 1. The van der Waals surface area contributed by atoms with Gasteiger partial charge in [-0.25, -0.2) is 8.42 Å². The number of anilines is 1. The number of hydrogen-bond acceptors (Lipinski definition) is 6. The first-order valence-corrected chi connectivity index (χ1v) is 9.67. The molecule has 0 aliphatic carbocycles. The molecular formula is C17H21N3O5S. The molecule has 1 N–H and O–H groups in total. The van der Waals surface area contributed by atoms with Gasteiger partial charge >= 0.3 is 0 Å². The third-order valence-corrected chi connectivity index (χ3v) is 6.42. The van der Waals surface area contributed by atoms with Crippen LogP contribution in [0.5, 0.6) is 5.75 Å². The Kier molecular flexibility index (Phi) is 5.01. The van der Waals surface area contributed by atoms with E-state index in [0.717, 1.165) is 0 Å². The van der Waals surface area contributed by atoms with Crippen molar-refractivity contribution < 1.29 is 22.5 Å². The molecule has 1 aliphatic heterocycles. The highest BCUT2D eigenvalue weighted by molar-refractivity contribution is 7.89. The Bertz CT molecular complexity index is 922. The van der Waals surface area contributed by atoms with Crippen LogP contribution in [0.4, 0.5) is 5.82 Å². The first kappa shape index (κ1) is 18.4. The van der Waals surface area contributed by atoms with Gasteiger partial charge in [0.1, 0.15) is 17.6 Å². The van der Waals surface area contributed by atoms with Crippen LogP contribution in [-0.4, -0.2) is 43.5 Å². The highest BCUT2D eigenvalue weighted by Gasteiger charge is 2.40. The summed E-state index contributed by atoms with van der Waals surface area (Å²) in [6.07, 6.45) is 1.07. The molecule has 2 heterocycles. The summed E-state index contributed by atoms with van der Waals surface area (Å²) in [5.41, 5.74) is 0.572. The largest absolute Gasteiger partial charge is 0.497 e. The minimum atomic E-state index is -3.80. The van der Waals surface area contributed by atoms with Gasteiger partial charge in [0.05, 0.1) is 12.0 Å². The number of sulfonamides is 1. The first-order chi connectivity index (χ1) is 12.3. The Morgan fingerprint density at radius 1 is 1.35 bits per heavy atom. The van der Waals surface area contributed by atoms with Crippen molar-refractivity contribution in [3.63, 3.8) is 0 Å². The number of benzene rings is 1. The van der Waals surface area contributed by atoms with Crippen LogP contribution in [0.2, 0.25) is 0 Å². The minimum Gasteiger partial charge on any atom is -0.497 e. The van der Waals surface area contributed by atoms with E-state index in [1.807, 2.05) is 0 Å². The van der Waals surface area contributed by atoms with E-state index in [1.54, 1.807) is 32.0 Å². The van der Waals surface area contributed by atoms with E-state index in [2.05, 4.69) is 10.5 Å². The van der Waals surface area contributed by atoms with Gasteiger partial charge in [0.15, 0.2) is 5.82 Å². The Morgan fingerprint density at radius 2 is 2.12 bits per heavy atom. The SMILES string of the molecule is COc1ccc(S(=O)(=O)N2CCC[C@H]2C(=O)Nc2cc(C)on2)c(C)c1. The number of amides is 1. The molecule has 1 saturated heterocycles. The molecule has 1 aromatic carbocycles. The quantitative estimate of drug-likeness (QED) is 0.853. The second-order valence-electron chi connectivity index (χ2n) is 6.22. The van der Waals surface area contributed by atoms with Crippen LogP contribution in [0.25, 0.3) is 0 Å². The molecular weight excluding hydrogens is 358 g/mol. The lowest BCUT2D eigenvalue weighted by Gasteiger charge is -2.24. The van der Waals surface area contributed by atoms with Gasteiger partial charge in [0.25, 0.3) is 0 Å². The van der Waals surface area contributed by atoms with Gasteiger partial charge in [-0.2, -0.15) is 4.31 Å². The molecule has 3 rings (SSSR count). The lowest BCUT2D eigenvalue weighted by molar-refractivity contribution is -0.119. The van der Waals surface area contributed by atoms with Crippen LogP contribution < -0.4 is 10.1 Å². The zero-order valence-corrected chi connectivity index (χ0v) is 15.7. The van der Waals surface area contributed by atoms with Crippen molar-refractivity contribution >= 4 is 21.7 Å². The second kappa shape index (κ2) is 7.08. The molecule has 1 aromatic heterocycles. The van der Waals surface area contributed by atoms with Crippen molar-refractivity contribution in [3.05, 3.63) is 35.6 Å². The molecule has 0 radical (unpaired) electrons. The molecule has 1 aliphatic rings. The summed E-state index contributed by atoms with van der Waals surface area (Å²) >= 11 is 0. The van der Waals surface area contributed by atoms with E-state index < -0.39 is 22.0 Å². The highest BCUT2D eigenvalue weighted by atomic mass is 32.2. The third kappa shape index (κ3) is 3.45. The fourth-order valence-electron chi connectivity index (χ4n) is 3.09. The van der Waals surface area contributed by atoms with E-state index in [4.69, 9.17) is 9.26 Å². The number of aryl methyl sites for hydroxylation is 2. The highest BCUT2D eigenvalue weighted by Crippen LogP contribution is 2.30. The molecule has 140 valence electrons. The predicted octanol–water partition coefficient (Wildman–Crippen LogP) is 2.09. The topological polar surface area (TPSA) is 102 Å². The summed E-state index contributed by atoms with van der Waals surface area (Å²) in [4.78, 5) is 12.8. The maximum atomic E-state index is 13.1. The van der Waals surface area contributed by atoms with Gasteiger partial charge in [-0.3, -0.25) is 4.79 Å². The molecule has 1 amide bonds. The maximum Gasteiger partial charge on any atom is 0.244 e. The zero-order chi connectivity index (χ0) is 18.9. The number of carbonyl (C=O) groups is 1. The fourth-order valence-corrected chi connectivity index (χ4v) is 4.95. The number of aromatic nitrogens is 1. The summed E-state index contributed by atoms with van der Waals surface area (Å²) < 4.78 is 37.5. The van der Waals surface area contributed by atoms with Gasteiger partial charge < -0.3 is 14.6 Å². The molecule has 0 bridgehead atoms. The Hall–Kier alpha value is -2.39. The van der Waals surface area contributed by atoms with Gasteiger partial charge in [0, 0.05) is 12.6 Å². The van der Waals surface area contributed by atoms with E-state index in [-0.39, 0.29) is 10.7 Å². The lowest BCUT2D eigenvalue weighted by Crippen LogP contribution is -2.43. The Morgan fingerprint density at radius 3 is 2.73 bits per heavy atom. The normalized spacial score (nSPS) is 18.0. The van der Waals surface area contributed by atoms with Crippen LogP contribution >= 0.6 is 0 Å². The molecule has 0 saturated carbocycles. The molecule has 26 heavy (non-hydrogen) atoms. The molecule has 8 nitrogen and oxygen atoms in total. The summed E-state index contributed by atoms with van der Waals surface area (Å²) in [5, 5.41) is 6.34. The molecule has 0 spiro atoms. The van der Waals surface area contributed by atoms with E-state index >= 15 is 0 Å². The summed E-state index contributed by atoms with van der Waals surface area (Å²) in [6, 6.07) is 5.58. The predicted molar refractivity (Wildman–Crippen MR) is 94.5 cm³/mol. The number of nitrogens with one attached hydrogen (secondary N) is 1. The first-order valence-electron chi connectivity index (χ1n) is 8.23. The molecule has 2 aromatic rings. The van der Waals surface area contributed by atoms with Crippen molar-refractivity contribution in [2.75, 3.05) is 19.0 Å². The van der Waals surface area contributed by atoms with Crippen LogP contribution in [0.15, 0.2) is 33.7 Å². The standard InChI is InChI=1S/C17H21N3O5S/c1-11-9-13(24-3)6-7-15(11)26(22,23)20-8-4-5-14(20)17(21)18-16-10-12(2)25-19-16/h6-7,9-10,14H,4-5,8H2,1-3H3,(H,18,19,21)/t14-/m0/s1. The smallest absolute Gasteiger partial charge is 0.244 e. The van der Waals surface area contributed by atoms with E-state index in [9.17, 15) is 13.2 Å². The molecule has 0 unspecified atom stereocenters. The van der Waals surface area contributed by atoms with Gasteiger partial charge in [-0.1, -0.05) is 5.16 Å². The summed E-state index contributed by atoms with van der Waals surface area (Å²) in [6.45, 7) is 3.71.